The third kappa shape index (κ3) is 3.78. The number of pyridine rings is 1. The Morgan fingerprint density at radius 3 is 2.17 bits per heavy atom. The van der Waals surface area contributed by atoms with Crippen molar-refractivity contribution < 1.29 is 16.8 Å². The molecule has 1 unspecified atom stereocenters. The lowest BCUT2D eigenvalue weighted by atomic mass is 10.3. The number of rotatable bonds is 2. The van der Waals surface area contributed by atoms with Crippen molar-refractivity contribution >= 4 is 19.7 Å². The van der Waals surface area contributed by atoms with E-state index in [1.807, 2.05) is 27.7 Å². The van der Waals surface area contributed by atoms with Crippen LogP contribution in [0.4, 0.5) is 0 Å². The van der Waals surface area contributed by atoms with Crippen LogP contribution in [0.3, 0.4) is 0 Å². The highest BCUT2D eigenvalue weighted by molar-refractivity contribution is 7.96. The van der Waals surface area contributed by atoms with Crippen molar-refractivity contribution in [1.82, 2.24) is 15.0 Å². The Bertz CT molecular complexity index is 867. The summed E-state index contributed by atoms with van der Waals surface area (Å²) in [7, 11) is -7.64. The Balaban J connectivity index is 0.000000671. The summed E-state index contributed by atoms with van der Waals surface area (Å²) in [5, 5.41) is -1.69. The number of fused-ring (bicyclic) bond motifs is 1. The molecule has 0 N–H and O–H groups in total. The molecule has 0 fully saturated rings. The highest BCUT2D eigenvalue weighted by Gasteiger charge is 2.45. The first-order chi connectivity index (χ1) is 11.4. The van der Waals surface area contributed by atoms with E-state index in [4.69, 9.17) is 0 Å². The fourth-order valence-electron chi connectivity index (χ4n) is 2.05. The van der Waals surface area contributed by atoms with Crippen molar-refractivity contribution in [3.05, 3.63) is 42.5 Å². The molecule has 3 rings (SSSR count). The molecule has 1 aliphatic rings. The van der Waals surface area contributed by atoms with Crippen molar-refractivity contribution in [3.63, 3.8) is 0 Å². The Morgan fingerprint density at radius 1 is 0.958 bits per heavy atom. The standard InChI is InChI=1S/C11H9N3O4S2.2C2H6/c15-19(16)7-8(10-11(19)14-6-5-13-10)20(17,18)9-3-1-2-4-12-9;2*1-2/h1-6,8H,7H2;2*1-2H3. The van der Waals surface area contributed by atoms with E-state index in [1.54, 1.807) is 6.07 Å². The number of sulfone groups is 2. The first-order valence-corrected chi connectivity index (χ1v) is 10.8. The van der Waals surface area contributed by atoms with E-state index in [1.165, 1.54) is 30.7 Å². The Labute approximate surface area is 143 Å². The molecule has 0 aliphatic carbocycles. The van der Waals surface area contributed by atoms with Gasteiger partial charge in [-0.25, -0.2) is 26.8 Å². The van der Waals surface area contributed by atoms with Gasteiger partial charge in [0.25, 0.3) is 0 Å². The predicted octanol–water partition coefficient (Wildman–Crippen LogP) is 2.23. The van der Waals surface area contributed by atoms with Crippen LogP contribution in [-0.2, 0) is 19.7 Å². The summed E-state index contributed by atoms with van der Waals surface area (Å²) in [5.74, 6) is -0.550. The van der Waals surface area contributed by atoms with Gasteiger partial charge in [-0.2, -0.15) is 0 Å². The lowest BCUT2D eigenvalue weighted by molar-refractivity contribution is 0.578. The van der Waals surface area contributed by atoms with Gasteiger partial charge in [-0.15, -0.1) is 0 Å². The van der Waals surface area contributed by atoms with E-state index in [-0.39, 0.29) is 15.7 Å². The zero-order chi connectivity index (χ0) is 18.4. The fraction of sp³-hybridized carbons (Fsp3) is 0.400. The van der Waals surface area contributed by atoms with Gasteiger partial charge < -0.3 is 0 Å². The molecule has 0 aromatic carbocycles. The summed E-state index contributed by atoms with van der Waals surface area (Å²) < 4.78 is 48.9. The third-order valence-corrected chi connectivity index (χ3v) is 6.82. The highest BCUT2D eigenvalue weighted by atomic mass is 32.2. The molecule has 24 heavy (non-hydrogen) atoms. The van der Waals surface area contributed by atoms with Crippen molar-refractivity contribution in [2.24, 2.45) is 0 Å². The maximum absolute atomic E-state index is 12.5. The molecule has 2 aromatic heterocycles. The molecule has 132 valence electrons. The lowest BCUT2D eigenvalue weighted by Gasteiger charge is -2.09. The van der Waals surface area contributed by atoms with E-state index in [2.05, 4.69) is 15.0 Å². The largest absolute Gasteiger partial charge is 0.255 e. The molecule has 0 amide bonds. The summed E-state index contributed by atoms with van der Waals surface area (Å²) in [6.45, 7) is 8.00. The van der Waals surface area contributed by atoms with Crippen LogP contribution in [0.1, 0.15) is 38.6 Å². The van der Waals surface area contributed by atoms with Gasteiger partial charge >= 0.3 is 0 Å². The van der Waals surface area contributed by atoms with Crippen LogP contribution >= 0.6 is 0 Å². The number of hydrogen-bond acceptors (Lipinski definition) is 7. The molecule has 0 radical (unpaired) electrons. The van der Waals surface area contributed by atoms with Gasteiger partial charge in [0, 0.05) is 18.6 Å². The van der Waals surface area contributed by atoms with Crippen LogP contribution < -0.4 is 0 Å². The Kier molecular flexibility index (Phi) is 6.97. The minimum atomic E-state index is -3.92. The molecule has 0 spiro atoms. The molecule has 1 atom stereocenters. The second-order valence-electron chi connectivity index (χ2n) is 4.23. The smallest absolute Gasteiger partial charge is 0.205 e. The van der Waals surface area contributed by atoms with E-state index in [9.17, 15) is 16.8 Å². The first kappa shape index (κ1) is 20.2. The van der Waals surface area contributed by atoms with E-state index < -0.39 is 30.7 Å². The average Bonchev–Trinajstić information content (AvgIpc) is 2.92. The van der Waals surface area contributed by atoms with Gasteiger partial charge in [-0.05, 0) is 12.1 Å². The van der Waals surface area contributed by atoms with Crippen LogP contribution in [0.5, 0.6) is 0 Å². The van der Waals surface area contributed by atoms with Crippen molar-refractivity contribution in [3.8, 4) is 0 Å². The maximum Gasteiger partial charge on any atom is 0.205 e. The monoisotopic (exact) mass is 371 g/mol. The normalized spacial score (nSPS) is 17.6. The second-order valence-corrected chi connectivity index (χ2v) is 8.26. The van der Waals surface area contributed by atoms with Crippen LogP contribution in [-0.4, -0.2) is 37.5 Å². The summed E-state index contributed by atoms with van der Waals surface area (Å²) >= 11 is 0. The Morgan fingerprint density at radius 2 is 1.58 bits per heavy atom. The molecule has 0 saturated heterocycles. The average molecular weight is 371 g/mol. The number of aromatic nitrogens is 3. The van der Waals surface area contributed by atoms with Crippen molar-refractivity contribution in [2.75, 3.05) is 5.75 Å². The molecule has 2 aromatic rings. The topological polar surface area (TPSA) is 107 Å². The van der Waals surface area contributed by atoms with E-state index >= 15 is 0 Å². The van der Waals surface area contributed by atoms with Crippen LogP contribution in [0.25, 0.3) is 0 Å². The van der Waals surface area contributed by atoms with E-state index in [0.717, 1.165) is 0 Å². The van der Waals surface area contributed by atoms with Crippen LogP contribution in [0, 0.1) is 0 Å². The molecule has 3 heterocycles. The molecule has 0 bridgehead atoms. The SMILES string of the molecule is CC.CC.O=S1(=O)CC(S(=O)(=O)c2ccccn2)c2nccnc21. The lowest BCUT2D eigenvalue weighted by Crippen LogP contribution is -2.17. The Hall–Kier alpha value is -1.87. The molecular formula is C15H21N3O4S2. The minimum absolute atomic E-state index is 0.0295. The summed E-state index contributed by atoms with van der Waals surface area (Å²) in [5.41, 5.74) is -0.0295. The zero-order valence-electron chi connectivity index (χ0n) is 14.0. The summed E-state index contributed by atoms with van der Waals surface area (Å²) in [6.07, 6.45) is 3.85. The first-order valence-electron chi connectivity index (χ1n) is 7.61. The van der Waals surface area contributed by atoms with Gasteiger partial charge in [0.05, 0.1) is 11.4 Å². The van der Waals surface area contributed by atoms with Crippen LogP contribution in [0.2, 0.25) is 0 Å². The molecule has 9 heteroatoms. The van der Waals surface area contributed by atoms with Crippen molar-refractivity contribution in [2.45, 2.75) is 43.0 Å². The van der Waals surface area contributed by atoms with Crippen LogP contribution in [0.15, 0.2) is 46.8 Å². The molecule has 0 saturated carbocycles. The third-order valence-electron chi connectivity index (χ3n) is 2.97. The quantitative estimate of drug-likeness (QED) is 0.796. The van der Waals surface area contributed by atoms with Crippen molar-refractivity contribution in [1.29, 1.82) is 0 Å². The van der Waals surface area contributed by atoms with Gasteiger partial charge in [0.15, 0.2) is 19.9 Å². The molecule has 1 aliphatic heterocycles. The summed E-state index contributed by atoms with van der Waals surface area (Å²) in [6, 6.07) is 4.44. The molecule has 7 nitrogen and oxygen atoms in total. The minimum Gasteiger partial charge on any atom is -0.255 e. The zero-order valence-corrected chi connectivity index (χ0v) is 15.7. The maximum atomic E-state index is 12.5. The number of hydrogen-bond donors (Lipinski definition) is 0. The predicted molar refractivity (Wildman–Crippen MR) is 90.9 cm³/mol. The van der Waals surface area contributed by atoms with Gasteiger partial charge in [-0.3, -0.25) is 4.98 Å². The van der Waals surface area contributed by atoms with Gasteiger partial charge in [0.1, 0.15) is 5.25 Å². The van der Waals surface area contributed by atoms with Gasteiger partial charge in [-0.1, -0.05) is 33.8 Å². The highest BCUT2D eigenvalue weighted by Crippen LogP contribution is 2.37. The van der Waals surface area contributed by atoms with E-state index in [0.29, 0.717) is 0 Å². The second kappa shape index (κ2) is 8.29. The fourth-order valence-corrected chi connectivity index (χ4v) is 6.06. The summed E-state index contributed by atoms with van der Waals surface area (Å²) in [4.78, 5) is 11.4. The number of nitrogens with zero attached hydrogens (tertiary/aromatic N) is 3. The molecular weight excluding hydrogens is 350 g/mol. The van der Waals surface area contributed by atoms with Gasteiger partial charge in [0.2, 0.25) is 9.84 Å².